The molecule has 7 heteroatoms. The predicted octanol–water partition coefficient (Wildman–Crippen LogP) is 3.22. The van der Waals surface area contributed by atoms with E-state index in [1.54, 1.807) is 30.3 Å². The fourth-order valence-electron chi connectivity index (χ4n) is 2.14. The molecule has 2 aromatic carbocycles. The van der Waals surface area contributed by atoms with Crippen molar-refractivity contribution in [2.45, 2.75) is 24.8 Å². The number of sulfonamides is 1. The number of rotatable bonds is 5. The van der Waals surface area contributed by atoms with Crippen LogP contribution in [0.3, 0.4) is 0 Å². The van der Waals surface area contributed by atoms with Crippen LogP contribution in [0.2, 0.25) is 0 Å². The maximum absolute atomic E-state index is 12.5. The molecule has 0 radical (unpaired) electrons. The Morgan fingerprint density at radius 1 is 0.917 bits per heavy atom. The van der Waals surface area contributed by atoms with Gasteiger partial charge in [-0.15, -0.1) is 0 Å². The Hall–Kier alpha value is -2.67. The minimum atomic E-state index is -3.77. The molecule has 0 aliphatic carbocycles. The number of fused-ring (bicyclic) bond motifs is 1. The van der Waals surface area contributed by atoms with Crippen molar-refractivity contribution in [3.63, 3.8) is 0 Å². The van der Waals surface area contributed by atoms with Crippen LogP contribution in [0.4, 0.5) is 5.82 Å². The fraction of sp³-hybridized carbons (Fsp3) is 0.176. The standard InChI is InChI=1S/C17H17N3O3S/c1-12(2)23-17-16(18-14-10-6-7-11-15(14)19-17)20-24(21,22)13-8-4-3-5-9-13/h3-12H,1-2H3,(H,18,20). The van der Waals surface area contributed by atoms with Gasteiger partial charge in [0, 0.05) is 0 Å². The van der Waals surface area contributed by atoms with Crippen LogP contribution in [-0.4, -0.2) is 24.5 Å². The third-order valence-electron chi connectivity index (χ3n) is 3.17. The van der Waals surface area contributed by atoms with Gasteiger partial charge in [0.15, 0.2) is 0 Å². The van der Waals surface area contributed by atoms with Crippen LogP contribution in [0, 0.1) is 0 Å². The number of anilines is 1. The molecular formula is C17H17N3O3S. The Balaban J connectivity index is 2.07. The van der Waals surface area contributed by atoms with Crippen molar-refractivity contribution in [1.29, 1.82) is 0 Å². The molecule has 0 bridgehead atoms. The highest BCUT2D eigenvalue weighted by Gasteiger charge is 2.19. The van der Waals surface area contributed by atoms with Crippen LogP contribution in [0.1, 0.15) is 13.8 Å². The van der Waals surface area contributed by atoms with E-state index in [1.807, 2.05) is 26.0 Å². The van der Waals surface area contributed by atoms with Gasteiger partial charge in [-0.2, -0.15) is 0 Å². The normalized spacial score (nSPS) is 11.6. The number of para-hydroxylation sites is 2. The van der Waals surface area contributed by atoms with Gasteiger partial charge < -0.3 is 4.74 Å². The maximum Gasteiger partial charge on any atom is 0.263 e. The molecule has 0 amide bonds. The lowest BCUT2D eigenvalue weighted by Crippen LogP contribution is -2.17. The van der Waals surface area contributed by atoms with Gasteiger partial charge in [0.05, 0.1) is 22.0 Å². The van der Waals surface area contributed by atoms with Crippen molar-refractivity contribution in [1.82, 2.24) is 9.97 Å². The van der Waals surface area contributed by atoms with Crippen molar-refractivity contribution in [2.75, 3.05) is 4.72 Å². The van der Waals surface area contributed by atoms with E-state index >= 15 is 0 Å². The fourth-order valence-corrected chi connectivity index (χ4v) is 3.16. The smallest absolute Gasteiger partial charge is 0.263 e. The molecule has 0 fully saturated rings. The molecule has 3 aromatic rings. The largest absolute Gasteiger partial charge is 0.472 e. The van der Waals surface area contributed by atoms with E-state index in [1.165, 1.54) is 12.1 Å². The number of benzene rings is 2. The molecule has 6 nitrogen and oxygen atoms in total. The highest BCUT2D eigenvalue weighted by atomic mass is 32.2. The minimum Gasteiger partial charge on any atom is -0.472 e. The molecule has 24 heavy (non-hydrogen) atoms. The zero-order valence-electron chi connectivity index (χ0n) is 13.3. The molecule has 124 valence electrons. The number of aromatic nitrogens is 2. The molecule has 0 unspecified atom stereocenters. The Morgan fingerprint density at radius 2 is 1.50 bits per heavy atom. The zero-order valence-corrected chi connectivity index (χ0v) is 14.1. The topological polar surface area (TPSA) is 81.2 Å². The SMILES string of the molecule is CC(C)Oc1nc2ccccc2nc1NS(=O)(=O)c1ccccc1. The average Bonchev–Trinajstić information content (AvgIpc) is 2.55. The minimum absolute atomic E-state index is 0.0752. The van der Waals surface area contributed by atoms with Gasteiger partial charge in [-0.25, -0.2) is 18.4 Å². The summed E-state index contributed by atoms with van der Waals surface area (Å²) >= 11 is 0. The Morgan fingerprint density at radius 3 is 2.12 bits per heavy atom. The molecular weight excluding hydrogens is 326 g/mol. The molecule has 0 saturated heterocycles. The summed E-state index contributed by atoms with van der Waals surface area (Å²) in [6.45, 7) is 3.68. The van der Waals surface area contributed by atoms with E-state index in [0.29, 0.717) is 11.0 Å². The lowest BCUT2D eigenvalue weighted by molar-refractivity contribution is 0.234. The third-order valence-corrected chi connectivity index (χ3v) is 4.53. The second-order valence-electron chi connectivity index (χ2n) is 5.45. The van der Waals surface area contributed by atoms with E-state index in [4.69, 9.17) is 4.74 Å². The van der Waals surface area contributed by atoms with E-state index in [2.05, 4.69) is 14.7 Å². The van der Waals surface area contributed by atoms with E-state index < -0.39 is 10.0 Å². The van der Waals surface area contributed by atoms with Crippen LogP contribution < -0.4 is 9.46 Å². The highest BCUT2D eigenvalue weighted by molar-refractivity contribution is 7.92. The Labute approximate surface area is 140 Å². The van der Waals surface area contributed by atoms with Gasteiger partial charge in [-0.3, -0.25) is 4.72 Å². The van der Waals surface area contributed by atoms with Gasteiger partial charge >= 0.3 is 0 Å². The van der Waals surface area contributed by atoms with Gasteiger partial charge in [0.2, 0.25) is 5.82 Å². The molecule has 0 saturated carbocycles. The lowest BCUT2D eigenvalue weighted by Gasteiger charge is -2.14. The first-order chi connectivity index (χ1) is 11.5. The van der Waals surface area contributed by atoms with E-state index in [9.17, 15) is 8.42 Å². The average molecular weight is 343 g/mol. The first kappa shape index (κ1) is 16.2. The van der Waals surface area contributed by atoms with Crippen LogP contribution in [0.5, 0.6) is 5.88 Å². The number of ether oxygens (including phenoxy) is 1. The van der Waals surface area contributed by atoms with E-state index in [-0.39, 0.29) is 22.7 Å². The summed E-state index contributed by atoms with van der Waals surface area (Å²) in [6.07, 6.45) is -0.166. The summed E-state index contributed by atoms with van der Waals surface area (Å²) in [6, 6.07) is 15.3. The quantitative estimate of drug-likeness (QED) is 0.769. The number of nitrogens with zero attached hydrogens (tertiary/aromatic N) is 2. The molecule has 1 aromatic heterocycles. The molecule has 1 heterocycles. The van der Waals surface area contributed by atoms with Crippen molar-refractivity contribution < 1.29 is 13.2 Å². The van der Waals surface area contributed by atoms with Crippen LogP contribution in [-0.2, 0) is 10.0 Å². The van der Waals surface area contributed by atoms with Crippen LogP contribution in [0.25, 0.3) is 11.0 Å². The maximum atomic E-state index is 12.5. The summed E-state index contributed by atoms with van der Waals surface area (Å²) in [4.78, 5) is 8.89. The zero-order chi connectivity index (χ0) is 17.2. The van der Waals surface area contributed by atoms with Crippen LogP contribution >= 0.6 is 0 Å². The molecule has 0 aliphatic heterocycles. The molecule has 0 spiro atoms. The monoisotopic (exact) mass is 343 g/mol. The highest BCUT2D eigenvalue weighted by Crippen LogP contribution is 2.26. The summed E-state index contributed by atoms with van der Waals surface area (Å²) in [5.41, 5.74) is 1.22. The van der Waals surface area contributed by atoms with Crippen LogP contribution in [0.15, 0.2) is 59.5 Å². The Bertz CT molecular complexity index is 957. The number of nitrogens with one attached hydrogen (secondary N) is 1. The molecule has 0 atom stereocenters. The number of hydrogen-bond acceptors (Lipinski definition) is 5. The van der Waals surface area contributed by atoms with Gasteiger partial charge in [0.25, 0.3) is 15.9 Å². The first-order valence-corrected chi connectivity index (χ1v) is 8.95. The molecule has 0 aliphatic rings. The summed E-state index contributed by atoms with van der Waals surface area (Å²) in [5.74, 6) is 0.231. The van der Waals surface area contributed by atoms with E-state index in [0.717, 1.165) is 0 Å². The van der Waals surface area contributed by atoms with Gasteiger partial charge in [0.1, 0.15) is 0 Å². The van der Waals surface area contributed by atoms with Crippen molar-refractivity contribution >= 4 is 26.9 Å². The van der Waals surface area contributed by atoms with Crippen molar-refractivity contribution in [3.8, 4) is 5.88 Å². The summed E-state index contributed by atoms with van der Waals surface area (Å²) in [5, 5.41) is 0. The molecule has 3 rings (SSSR count). The summed E-state index contributed by atoms with van der Waals surface area (Å²) in [7, 11) is -3.77. The predicted molar refractivity (Wildman–Crippen MR) is 92.6 cm³/mol. The van der Waals surface area contributed by atoms with Gasteiger partial charge in [-0.1, -0.05) is 30.3 Å². The second kappa shape index (κ2) is 6.45. The van der Waals surface area contributed by atoms with Crippen molar-refractivity contribution in [3.05, 3.63) is 54.6 Å². The number of hydrogen-bond donors (Lipinski definition) is 1. The Kier molecular flexibility index (Phi) is 4.35. The lowest BCUT2D eigenvalue weighted by atomic mass is 10.3. The molecule has 1 N–H and O–H groups in total. The third kappa shape index (κ3) is 3.46. The van der Waals surface area contributed by atoms with Gasteiger partial charge in [-0.05, 0) is 38.1 Å². The van der Waals surface area contributed by atoms with Crippen molar-refractivity contribution in [2.24, 2.45) is 0 Å². The summed E-state index contributed by atoms with van der Waals surface area (Å²) < 4.78 is 33.2. The second-order valence-corrected chi connectivity index (χ2v) is 7.13. The first-order valence-electron chi connectivity index (χ1n) is 7.47.